The van der Waals surface area contributed by atoms with E-state index < -0.39 is 11.5 Å². The van der Waals surface area contributed by atoms with Crippen molar-refractivity contribution >= 4 is 27.3 Å². The molecule has 3 aromatic rings. The van der Waals surface area contributed by atoms with Gasteiger partial charge in [0.1, 0.15) is 5.56 Å². The van der Waals surface area contributed by atoms with E-state index in [1.54, 1.807) is 12.5 Å². The van der Waals surface area contributed by atoms with Gasteiger partial charge in [0, 0.05) is 44.1 Å². The topological polar surface area (TPSA) is 108 Å². The lowest BCUT2D eigenvalue weighted by molar-refractivity contribution is 0.0952. The summed E-state index contributed by atoms with van der Waals surface area (Å²) in [5, 5.41) is 7.86. The first kappa shape index (κ1) is 15.8. The Balaban J connectivity index is 1.51. The van der Waals surface area contributed by atoms with E-state index in [-0.39, 0.29) is 5.56 Å². The number of aromatic amines is 1. The number of hydrogen-bond donors (Lipinski definition) is 2. The number of fused-ring (bicyclic) bond motifs is 1. The Bertz CT molecular complexity index is 941. The van der Waals surface area contributed by atoms with Gasteiger partial charge in [0.25, 0.3) is 11.5 Å². The van der Waals surface area contributed by atoms with Crippen molar-refractivity contribution in [1.29, 1.82) is 0 Å². The van der Waals surface area contributed by atoms with E-state index in [4.69, 9.17) is 0 Å². The highest BCUT2D eigenvalue weighted by Gasteiger charge is 2.20. The summed E-state index contributed by atoms with van der Waals surface area (Å²) in [7, 11) is 0. The number of rotatable bonds is 5. The average Bonchev–Trinajstić information content (AvgIpc) is 3.36. The van der Waals surface area contributed by atoms with Gasteiger partial charge in [-0.15, -0.1) is 5.10 Å². The minimum absolute atomic E-state index is 0.000354. The minimum Gasteiger partial charge on any atom is -0.351 e. The highest BCUT2D eigenvalue weighted by Crippen LogP contribution is 2.24. The summed E-state index contributed by atoms with van der Waals surface area (Å²) in [5.74, 6) is -0.442. The average molecular weight is 359 g/mol. The van der Waals surface area contributed by atoms with E-state index in [0.717, 1.165) is 36.8 Å². The van der Waals surface area contributed by atoms with Crippen LogP contribution in [-0.4, -0.2) is 50.1 Å². The molecule has 0 bridgehead atoms. The van der Waals surface area contributed by atoms with Crippen molar-refractivity contribution in [1.82, 2.24) is 29.9 Å². The van der Waals surface area contributed by atoms with Crippen LogP contribution < -0.4 is 15.8 Å². The van der Waals surface area contributed by atoms with Crippen LogP contribution in [0.5, 0.6) is 0 Å². The number of nitrogens with zero attached hydrogens (tertiary/aromatic N) is 5. The predicted molar refractivity (Wildman–Crippen MR) is 93.2 cm³/mol. The molecule has 2 N–H and O–H groups in total. The lowest BCUT2D eigenvalue weighted by atomic mass is 10.3. The van der Waals surface area contributed by atoms with E-state index in [0.29, 0.717) is 17.9 Å². The normalized spacial score (nSPS) is 14.3. The summed E-state index contributed by atoms with van der Waals surface area (Å²) in [6, 6.07) is 0. The molecule has 1 fully saturated rings. The lowest BCUT2D eigenvalue weighted by Gasteiger charge is -2.10. The van der Waals surface area contributed by atoms with Gasteiger partial charge in [0.05, 0.1) is 6.33 Å². The quantitative estimate of drug-likeness (QED) is 0.685. The molecule has 3 aromatic heterocycles. The molecule has 4 heterocycles. The Labute approximate surface area is 146 Å². The molecule has 130 valence electrons. The highest BCUT2D eigenvalue weighted by molar-refractivity contribution is 7.20. The van der Waals surface area contributed by atoms with Crippen LogP contribution in [0.3, 0.4) is 0 Å². The van der Waals surface area contributed by atoms with Crippen molar-refractivity contribution in [2.24, 2.45) is 0 Å². The van der Waals surface area contributed by atoms with Gasteiger partial charge in [-0.3, -0.25) is 9.59 Å². The first-order valence-electron chi connectivity index (χ1n) is 8.11. The summed E-state index contributed by atoms with van der Waals surface area (Å²) < 4.78 is 1.22. The number of imidazole rings is 1. The molecule has 0 aliphatic carbocycles. The van der Waals surface area contributed by atoms with Gasteiger partial charge in [-0.05, 0) is 12.8 Å². The number of H-pyrrole nitrogens is 1. The SMILES string of the molecule is O=C(NCCc1cnc[nH]1)c1cnc2sc(N3CCCC3)nn2c1=O. The molecule has 0 atom stereocenters. The maximum Gasteiger partial charge on any atom is 0.288 e. The zero-order valence-electron chi connectivity index (χ0n) is 13.4. The van der Waals surface area contributed by atoms with Crippen LogP contribution in [0.1, 0.15) is 28.9 Å². The summed E-state index contributed by atoms with van der Waals surface area (Å²) in [6.45, 7) is 2.28. The van der Waals surface area contributed by atoms with E-state index >= 15 is 0 Å². The molecule has 1 aliphatic heterocycles. The second-order valence-electron chi connectivity index (χ2n) is 5.83. The Morgan fingerprint density at radius 3 is 2.92 bits per heavy atom. The van der Waals surface area contributed by atoms with Gasteiger partial charge >= 0.3 is 0 Å². The van der Waals surface area contributed by atoms with E-state index in [9.17, 15) is 9.59 Å². The number of anilines is 1. The monoisotopic (exact) mass is 359 g/mol. The van der Waals surface area contributed by atoms with E-state index in [1.807, 2.05) is 0 Å². The van der Waals surface area contributed by atoms with Crippen molar-refractivity contribution in [3.05, 3.63) is 40.3 Å². The van der Waals surface area contributed by atoms with Crippen LogP contribution in [0.4, 0.5) is 5.13 Å². The Morgan fingerprint density at radius 1 is 1.32 bits per heavy atom. The number of amides is 1. The molecule has 0 radical (unpaired) electrons. The van der Waals surface area contributed by atoms with Crippen LogP contribution in [-0.2, 0) is 6.42 Å². The van der Waals surface area contributed by atoms with Crippen molar-refractivity contribution < 1.29 is 4.79 Å². The molecular weight excluding hydrogens is 342 g/mol. The second-order valence-corrected chi connectivity index (χ2v) is 6.77. The maximum atomic E-state index is 12.6. The van der Waals surface area contributed by atoms with E-state index in [1.165, 1.54) is 22.0 Å². The predicted octanol–water partition coefficient (Wildman–Crippen LogP) is 0.447. The largest absolute Gasteiger partial charge is 0.351 e. The molecule has 25 heavy (non-hydrogen) atoms. The number of nitrogens with one attached hydrogen (secondary N) is 2. The van der Waals surface area contributed by atoms with Crippen LogP contribution >= 0.6 is 11.3 Å². The van der Waals surface area contributed by atoms with Crippen LogP contribution in [0, 0.1) is 0 Å². The molecule has 10 heteroatoms. The van der Waals surface area contributed by atoms with Crippen molar-refractivity contribution in [3.63, 3.8) is 0 Å². The van der Waals surface area contributed by atoms with Crippen molar-refractivity contribution in [2.45, 2.75) is 19.3 Å². The Hall–Kier alpha value is -2.75. The number of carbonyl (C=O) groups is 1. The Morgan fingerprint density at radius 2 is 2.16 bits per heavy atom. The first-order chi connectivity index (χ1) is 12.2. The fourth-order valence-electron chi connectivity index (χ4n) is 2.80. The van der Waals surface area contributed by atoms with Crippen molar-refractivity contribution in [3.8, 4) is 0 Å². The summed E-state index contributed by atoms with van der Waals surface area (Å²) in [5.41, 5.74) is 0.478. The zero-order valence-corrected chi connectivity index (χ0v) is 14.3. The van der Waals surface area contributed by atoms with Crippen molar-refractivity contribution in [2.75, 3.05) is 24.5 Å². The summed E-state index contributed by atoms with van der Waals surface area (Å²) in [6.07, 6.45) is 7.48. The molecule has 0 aromatic carbocycles. The van der Waals surface area contributed by atoms with Gasteiger partial charge in [-0.2, -0.15) is 4.52 Å². The van der Waals surface area contributed by atoms with E-state index in [2.05, 4.69) is 30.3 Å². The van der Waals surface area contributed by atoms with Gasteiger partial charge in [0.2, 0.25) is 10.1 Å². The van der Waals surface area contributed by atoms with Gasteiger partial charge in [-0.1, -0.05) is 11.3 Å². The summed E-state index contributed by atoms with van der Waals surface area (Å²) >= 11 is 1.37. The third-order valence-electron chi connectivity index (χ3n) is 4.13. The standard InChI is InChI=1S/C15H17N7O2S/c23-12(17-4-3-10-7-16-9-19-10)11-8-18-14-22(13(11)24)20-15(25-14)21-5-1-2-6-21/h7-9H,1-6H2,(H,16,19)(H,17,23). The highest BCUT2D eigenvalue weighted by atomic mass is 32.1. The van der Waals surface area contributed by atoms with Gasteiger partial charge in [0.15, 0.2) is 0 Å². The molecule has 1 aliphatic rings. The Kier molecular flexibility index (Phi) is 4.18. The molecule has 0 spiro atoms. The zero-order chi connectivity index (χ0) is 17.2. The minimum atomic E-state index is -0.442. The fourth-order valence-corrected chi connectivity index (χ4v) is 3.71. The first-order valence-corrected chi connectivity index (χ1v) is 8.93. The molecule has 0 saturated carbocycles. The maximum absolute atomic E-state index is 12.6. The van der Waals surface area contributed by atoms with Crippen LogP contribution in [0.25, 0.3) is 4.96 Å². The molecule has 1 amide bonds. The molecule has 0 unspecified atom stereocenters. The number of hydrogen-bond acceptors (Lipinski definition) is 7. The summed E-state index contributed by atoms with van der Waals surface area (Å²) in [4.78, 5) is 38.6. The van der Waals surface area contributed by atoms with Gasteiger partial charge < -0.3 is 15.2 Å². The third-order valence-corrected chi connectivity index (χ3v) is 5.12. The number of aromatic nitrogens is 5. The second kappa shape index (κ2) is 6.63. The fraction of sp³-hybridized carbons (Fsp3) is 0.400. The molecule has 1 saturated heterocycles. The third kappa shape index (κ3) is 3.12. The lowest BCUT2D eigenvalue weighted by Crippen LogP contribution is -2.33. The smallest absolute Gasteiger partial charge is 0.288 e. The van der Waals surface area contributed by atoms with Crippen LogP contribution in [0.2, 0.25) is 0 Å². The van der Waals surface area contributed by atoms with Gasteiger partial charge in [-0.25, -0.2) is 9.97 Å². The molecular formula is C15H17N7O2S. The molecule has 4 rings (SSSR count). The number of carbonyl (C=O) groups excluding carboxylic acids is 1. The molecule has 9 nitrogen and oxygen atoms in total. The van der Waals surface area contributed by atoms with Crippen LogP contribution in [0.15, 0.2) is 23.5 Å².